The van der Waals surface area contributed by atoms with E-state index in [-0.39, 0.29) is 0 Å². The number of thiazole rings is 1. The van der Waals surface area contributed by atoms with Gasteiger partial charge >= 0.3 is 0 Å². The highest BCUT2D eigenvalue weighted by molar-refractivity contribution is 7.13. The van der Waals surface area contributed by atoms with Gasteiger partial charge in [-0.1, -0.05) is 12.8 Å². The van der Waals surface area contributed by atoms with Crippen LogP contribution in [0, 0.1) is 11.3 Å². The summed E-state index contributed by atoms with van der Waals surface area (Å²) < 4.78 is 0. The van der Waals surface area contributed by atoms with Crippen molar-refractivity contribution in [1.82, 2.24) is 9.97 Å². The molecule has 6 heteroatoms. The van der Waals surface area contributed by atoms with E-state index in [0.29, 0.717) is 23.1 Å². The van der Waals surface area contributed by atoms with Crippen molar-refractivity contribution in [3.05, 3.63) is 23.2 Å². The predicted octanol–water partition coefficient (Wildman–Crippen LogP) is 3.01. The number of hydrogen-bond acceptors (Lipinski definition) is 6. The van der Waals surface area contributed by atoms with E-state index in [1.54, 1.807) is 12.3 Å². The highest BCUT2D eigenvalue weighted by Gasteiger charge is 2.19. The summed E-state index contributed by atoms with van der Waals surface area (Å²) in [4.78, 5) is 8.79. The van der Waals surface area contributed by atoms with Crippen LogP contribution in [0.4, 0.5) is 11.5 Å². The summed E-state index contributed by atoms with van der Waals surface area (Å²) in [6.45, 7) is 0. The van der Waals surface area contributed by atoms with E-state index in [0.717, 1.165) is 23.5 Å². The van der Waals surface area contributed by atoms with Gasteiger partial charge in [0.05, 0.1) is 5.69 Å². The Bertz CT molecular complexity index is 638. The molecular formula is C14H15N5S. The van der Waals surface area contributed by atoms with Gasteiger partial charge in [-0.05, 0) is 18.9 Å². The first kappa shape index (κ1) is 12.9. The first-order valence-corrected chi connectivity index (χ1v) is 7.53. The van der Waals surface area contributed by atoms with Crippen LogP contribution in [0.25, 0.3) is 10.7 Å². The number of nitrogens with two attached hydrogens (primary N) is 1. The molecule has 0 saturated heterocycles. The normalized spacial score (nSPS) is 15.2. The van der Waals surface area contributed by atoms with E-state index < -0.39 is 0 Å². The lowest BCUT2D eigenvalue weighted by Crippen LogP contribution is -2.17. The summed E-state index contributed by atoms with van der Waals surface area (Å²) >= 11 is 1.51. The number of hydrogen-bond donors (Lipinski definition) is 2. The maximum atomic E-state index is 9.27. The van der Waals surface area contributed by atoms with Crippen molar-refractivity contribution in [2.75, 3.05) is 11.1 Å². The fourth-order valence-corrected chi connectivity index (χ4v) is 3.11. The molecule has 2 heterocycles. The first-order chi connectivity index (χ1) is 9.78. The predicted molar refractivity (Wildman–Crippen MR) is 80.4 cm³/mol. The molecule has 0 spiro atoms. The van der Waals surface area contributed by atoms with Crippen LogP contribution in [-0.2, 0) is 0 Å². The van der Waals surface area contributed by atoms with E-state index in [4.69, 9.17) is 5.73 Å². The zero-order chi connectivity index (χ0) is 13.9. The lowest BCUT2D eigenvalue weighted by atomic mass is 10.1. The number of nitrogens with one attached hydrogen (secondary N) is 1. The number of anilines is 2. The van der Waals surface area contributed by atoms with Gasteiger partial charge in [0.1, 0.15) is 28.2 Å². The van der Waals surface area contributed by atoms with Gasteiger partial charge in [-0.3, -0.25) is 0 Å². The van der Waals surface area contributed by atoms with Crippen molar-refractivity contribution < 1.29 is 0 Å². The molecule has 2 aromatic heterocycles. The average Bonchev–Trinajstić information content (AvgIpc) is 3.11. The number of nitriles is 1. The minimum Gasteiger partial charge on any atom is -0.397 e. The molecule has 3 N–H and O–H groups in total. The van der Waals surface area contributed by atoms with E-state index in [1.807, 2.05) is 5.38 Å². The van der Waals surface area contributed by atoms with E-state index in [9.17, 15) is 5.26 Å². The van der Waals surface area contributed by atoms with Gasteiger partial charge in [0.2, 0.25) is 0 Å². The monoisotopic (exact) mass is 285 g/mol. The molecule has 0 unspecified atom stereocenters. The van der Waals surface area contributed by atoms with Crippen molar-refractivity contribution in [2.24, 2.45) is 0 Å². The van der Waals surface area contributed by atoms with Crippen molar-refractivity contribution >= 4 is 22.8 Å². The maximum Gasteiger partial charge on any atom is 0.147 e. The van der Waals surface area contributed by atoms with Crippen molar-refractivity contribution in [2.45, 2.75) is 31.7 Å². The third kappa shape index (κ3) is 2.45. The maximum absolute atomic E-state index is 9.27. The number of nitrogens with zero attached hydrogens (tertiary/aromatic N) is 3. The van der Waals surface area contributed by atoms with E-state index >= 15 is 0 Å². The van der Waals surface area contributed by atoms with Gasteiger partial charge < -0.3 is 11.1 Å². The van der Waals surface area contributed by atoms with Crippen LogP contribution in [0.15, 0.2) is 17.6 Å². The molecule has 1 aliphatic carbocycles. The lowest BCUT2D eigenvalue weighted by Gasteiger charge is -2.15. The van der Waals surface area contributed by atoms with Crippen LogP contribution in [0.3, 0.4) is 0 Å². The first-order valence-electron chi connectivity index (χ1n) is 6.65. The third-order valence-electron chi connectivity index (χ3n) is 3.51. The van der Waals surface area contributed by atoms with Gasteiger partial charge in [-0.15, -0.1) is 11.3 Å². The quantitative estimate of drug-likeness (QED) is 0.905. The summed E-state index contributed by atoms with van der Waals surface area (Å²) in [7, 11) is 0. The van der Waals surface area contributed by atoms with Crippen molar-refractivity contribution in [1.29, 1.82) is 5.26 Å². The molecule has 0 radical (unpaired) electrons. The SMILES string of the molecule is N#Cc1c(N)cc(-c2nccs2)nc1NC1CCCC1. The van der Waals surface area contributed by atoms with Crippen LogP contribution in [0.2, 0.25) is 0 Å². The highest BCUT2D eigenvalue weighted by atomic mass is 32.1. The molecule has 0 aromatic carbocycles. The fourth-order valence-electron chi connectivity index (χ4n) is 2.51. The van der Waals surface area contributed by atoms with Gasteiger partial charge in [0, 0.05) is 17.6 Å². The Morgan fingerprint density at radius 3 is 2.85 bits per heavy atom. The van der Waals surface area contributed by atoms with Crippen LogP contribution < -0.4 is 11.1 Å². The van der Waals surface area contributed by atoms with Gasteiger partial charge in [0.25, 0.3) is 0 Å². The zero-order valence-corrected chi connectivity index (χ0v) is 11.8. The Morgan fingerprint density at radius 1 is 1.40 bits per heavy atom. The van der Waals surface area contributed by atoms with Crippen LogP contribution >= 0.6 is 11.3 Å². The Hall–Kier alpha value is -2.13. The minimum atomic E-state index is 0.389. The Morgan fingerprint density at radius 2 is 2.20 bits per heavy atom. The molecule has 0 atom stereocenters. The molecule has 0 amide bonds. The van der Waals surface area contributed by atoms with Crippen molar-refractivity contribution in [3.63, 3.8) is 0 Å². The molecule has 1 saturated carbocycles. The third-order valence-corrected chi connectivity index (χ3v) is 4.30. The number of aromatic nitrogens is 2. The second kappa shape index (κ2) is 5.47. The van der Waals surface area contributed by atoms with Crippen LogP contribution in [0.5, 0.6) is 0 Å². The molecule has 1 aliphatic rings. The van der Waals surface area contributed by atoms with Crippen molar-refractivity contribution in [3.8, 4) is 16.8 Å². The Kier molecular flexibility index (Phi) is 3.52. The Labute approximate surface area is 121 Å². The molecular weight excluding hydrogens is 270 g/mol. The van der Waals surface area contributed by atoms with Gasteiger partial charge in [-0.2, -0.15) is 5.26 Å². The summed E-state index contributed by atoms with van der Waals surface area (Å²) in [6, 6.07) is 4.25. The molecule has 0 aliphatic heterocycles. The van der Waals surface area contributed by atoms with Crippen LogP contribution in [-0.4, -0.2) is 16.0 Å². The van der Waals surface area contributed by atoms with E-state index in [1.165, 1.54) is 24.2 Å². The second-order valence-electron chi connectivity index (χ2n) is 4.90. The largest absolute Gasteiger partial charge is 0.397 e. The standard InChI is InChI=1S/C14H15N5S/c15-8-10-11(16)7-12(14-17-5-6-20-14)19-13(10)18-9-3-1-2-4-9/h5-7,9H,1-4H2,(H3,16,18,19). The Balaban J connectivity index is 1.99. The smallest absolute Gasteiger partial charge is 0.147 e. The number of nitrogen functional groups attached to an aromatic ring is 1. The van der Waals surface area contributed by atoms with Gasteiger partial charge in [0.15, 0.2) is 0 Å². The number of rotatable bonds is 3. The summed E-state index contributed by atoms with van der Waals surface area (Å²) in [5.74, 6) is 0.588. The molecule has 102 valence electrons. The van der Waals surface area contributed by atoms with Crippen LogP contribution in [0.1, 0.15) is 31.2 Å². The zero-order valence-electron chi connectivity index (χ0n) is 11.0. The fraction of sp³-hybridized carbons (Fsp3) is 0.357. The molecule has 1 fully saturated rings. The topological polar surface area (TPSA) is 87.6 Å². The highest BCUT2D eigenvalue weighted by Crippen LogP contribution is 2.30. The summed E-state index contributed by atoms with van der Waals surface area (Å²) in [5.41, 5.74) is 7.59. The summed E-state index contributed by atoms with van der Waals surface area (Å²) in [5, 5.41) is 15.4. The molecule has 5 nitrogen and oxygen atoms in total. The summed E-state index contributed by atoms with van der Waals surface area (Å²) in [6.07, 6.45) is 6.42. The lowest BCUT2D eigenvalue weighted by molar-refractivity contribution is 0.750. The molecule has 3 rings (SSSR count). The minimum absolute atomic E-state index is 0.389. The number of pyridine rings is 1. The second-order valence-corrected chi connectivity index (χ2v) is 5.79. The molecule has 2 aromatic rings. The van der Waals surface area contributed by atoms with E-state index in [2.05, 4.69) is 21.4 Å². The average molecular weight is 285 g/mol. The molecule has 0 bridgehead atoms. The van der Waals surface area contributed by atoms with Gasteiger partial charge in [-0.25, -0.2) is 9.97 Å². The molecule has 20 heavy (non-hydrogen) atoms.